The summed E-state index contributed by atoms with van der Waals surface area (Å²) in [4.78, 5) is 16.9. The van der Waals surface area contributed by atoms with E-state index in [1.807, 2.05) is 36.1 Å². The molecule has 2 fully saturated rings. The highest BCUT2D eigenvalue weighted by Crippen LogP contribution is 2.33. The zero-order chi connectivity index (χ0) is 15.7. The number of aliphatic hydroxyl groups excluding tert-OH is 1. The molecule has 2 saturated heterocycles. The van der Waals surface area contributed by atoms with Crippen LogP contribution in [0.15, 0.2) is 24.3 Å². The lowest BCUT2D eigenvalue weighted by molar-refractivity contribution is -0.122. The van der Waals surface area contributed by atoms with E-state index in [1.54, 1.807) is 0 Å². The second-order valence-electron chi connectivity index (χ2n) is 6.36. The molecule has 5 heteroatoms. The first-order valence-corrected chi connectivity index (χ1v) is 8.45. The molecule has 1 aromatic carbocycles. The predicted molar refractivity (Wildman–Crippen MR) is 88.2 cm³/mol. The third-order valence-electron chi connectivity index (χ3n) is 4.76. The van der Waals surface area contributed by atoms with Crippen molar-refractivity contribution >= 4 is 23.2 Å². The Hall–Kier alpha value is -1.10. The van der Waals surface area contributed by atoms with Gasteiger partial charge in [0.05, 0.1) is 22.9 Å². The average Bonchev–Trinajstić information content (AvgIpc) is 3.05. The van der Waals surface area contributed by atoms with Gasteiger partial charge in [0.25, 0.3) is 0 Å². The molecule has 22 heavy (non-hydrogen) atoms. The van der Waals surface area contributed by atoms with Crippen molar-refractivity contribution in [2.45, 2.75) is 50.8 Å². The highest BCUT2D eigenvalue weighted by Gasteiger charge is 2.41. The molecule has 2 aliphatic heterocycles. The van der Waals surface area contributed by atoms with E-state index in [9.17, 15) is 9.90 Å². The van der Waals surface area contributed by atoms with E-state index < -0.39 is 0 Å². The molecule has 4 nitrogen and oxygen atoms in total. The number of hydrogen-bond acceptors (Lipinski definition) is 3. The minimum Gasteiger partial charge on any atom is -0.393 e. The first kappa shape index (κ1) is 15.8. The Labute approximate surface area is 136 Å². The van der Waals surface area contributed by atoms with Crippen LogP contribution in [0.4, 0.5) is 5.69 Å². The van der Waals surface area contributed by atoms with Gasteiger partial charge in [0, 0.05) is 12.6 Å². The first-order chi connectivity index (χ1) is 10.6. The number of aliphatic hydroxyl groups is 1. The molecular weight excluding hydrogens is 300 g/mol. The maximum atomic E-state index is 12.8. The topological polar surface area (TPSA) is 43.8 Å². The second-order valence-corrected chi connectivity index (χ2v) is 6.77. The van der Waals surface area contributed by atoms with Crippen molar-refractivity contribution in [1.82, 2.24) is 4.90 Å². The lowest BCUT2D eigenvalue weighted by Crippen LogP contribution is -2.45. The van der Waals surface area contributed by atoms with Crippen LogP contribution in [0.5, 0.6) is 0 Å². The van der Waals surface area contributed by atoms with Crippen LogP contribution in [0, 0.1) is 0 Å². The normalized spacial score (nSPS) is 27.6. The first-order valence-electron chi connectivity index (χ1n) is 8.07. The summed E-state index contributed by atoms with van der Waals surface area (Å²) in [7, 11) is 0. The number of halogens is 1. The lowest BCUT2D eigenvalue weighted by Gasteiger charge is -2.30. The number of para-hydroxylation sites is 1. The number of nitrogens with zero attached hydrogens (tertiary/aromatic N) is 2. The van der Waals surface area contributed by atoms with E-state index in [0.29, 0.717) is 17.6 Å². The van der Waals surface area contributed by atoms with Crippen molar-refractivity contribution in [3.8, 4) is 0 Å². The summed E-state index contributed by atoms with van der Waals surface area (Å²) >= 11 is 6.23. The third kappa shape index (κ3) is 3.00. The molecule has 0 radical (unpaired) electrons. The summed E-state index contributed by atoms with van der Waals surface area (Å²) < 4.78 is 0. The Morgan fingerprint density at radius 2 is 2.09 bits per heavy atom. The van der Waals surface area contributed by atoms with E-state index in [2.05, 4.69) is 4.90 Å². The minimum atomic E-state index is -0.318. The van der Waals surface area contributed by atoms with Gasteiger partial charge in [0.15, 0.2) is 0 Å². The standard InChI is InChI=1S/C17H23ClN2O2/c1-12(21)11-13-5-4-9-19(13)16-8-10-20(17(16)22)15-7-3-2-6-14(15)18/h2-3,6-7,12-13,16,21H,4-5,8-11H2,1H3. The summed E-state index contributed by atoms with van der Waals surface area (Å²) in [6.45, 7) is 3.48. The van der Waals surface area contributed by atoms with Crippen LogP contribution in [0.3, 0.4) is 0 Å². The Morgan fingerprint density at radius 3 is 2.82 bits per heavy atom. The second kappa shape index (κ2) is 6.57. The highest BCUT2D eigenvalue weighted by atomic mass is 35.5. The third-order valence-corrected chi connectivity index (χ3v) is 5.08. The number of carbonyl (C=O) groups is 1. The van der Waals surface area contributed by atoms with Crippen molar-refractivity contribution in [1.29, 1.82) is 0 Å². The molecule has 1 amide bonds. The average molecular weight is 323 g/mol. The van der Waals surface area contributed by atoms with Gasteiger partial charge in [-0.3, -0.25) is 9.69 Å². The molecule has 120 valence electrons. The number of benzene rings is 1. The number of carbonyl (C=O) groups excluding carboxylic acids is 1. The monoisotopic (exact) mass is 322 g/mol. The maximum absolute atomic E-state index is 12.8. The summed E-state index contributed by atoms with van der Waals surface area (Å²) in [5.74, 6) is 0.144. The number of rotatable bonds is 4. The molecule has 0 aromatic heterocycles. The molecular formula is C17H23ClN2O2. The van der Waals surface area contributed by atoms with Gasteiger partial charge < -0.3 is 10.0 Å². The molecule has 3 atom stereocenters. The van der Waals surface area contributed by atoms with Gasteiger partial charge in [-0.2, -0.15) is 0 Å². The SMILES string of the molecule is CC(O)CC1CCCN1C1CCN(c2ccccc2Cl)C1=O. The number of hydrogen-bond donors (Lipinski definition) is 1. The van der Waals surface area contributed by atoms with Crippen LogP contribution in [0.2, 0.25) is 5.02 Å². The van der Waals surface area contributed by atoms with Gasteiger partial charge in [0.1, 0.15) is 0 Å². The van der Waals surface area contributed by atoms with Gasteiger partial charge in [-0.25, -0.2) is 0 Å². The van der Waals surface area contributed by atoms with E-state index in [0.717, 1.165) is 37.9 Å². The van der Waals surface area contributed by atoms with Crippen molar-refractivity contribution in [2.75, 3.05) is 18.0 Å². The van der Waals surface area contributed by atoms with Gasteiger partial charge in [-0.05, 0) is 51.3 Å². The van der Waals surface area contributed by atoms with Crippen molar-refractivity contribution < 1.29 is 9.90 Å². The zero-order valence-electron chi connectivity index (χ0n) is 12.9. The molecule has 0 saturated carbocycles. The Morgan fingerprint density at radius 1 is 1.32 bits per heavy atom. The molecule has 3 rings (SSSR count). The van der Waals surface area contributed by atoms with Gasteiger partial charge >= 0.3 is 0 Å². The smallest absolute Gasteiger partial charge is 0.244 e. The summed E-state index contributed by atoms with van der Waals surface area (Å²) in [6, 6.07) is 7.77. The molecule has 1 N–H and O–H groups in total. The molecule has 0 bridgehead atoms. The quantitative estimate of drug-likeness (QED) is 0.927. The van der Waals surface area contributed by atoms with E-state index >= 15 is 0 Å². The number of anilines is 1. The van der Waals surface area contributed by atoms with E-state index in [4.69, 9.17) is 11.6 Å². The van der Waals surface area contributed by atoms with Gasteiger partial charge in [0.2, 0.25) is 5.91 Å². The maximum Gasteiger partial charge on any atom is 0.244 e. The van der Waals surface area contributed by atoms with Gasteiger partial charge in [-0.1, -0.05) is 23.7 Å². The van der Waals surface area contributed by atoms with E-state index in [1.165, 1.54) is 0 Å². The van der Waals surface area contributed by atoms with Crippen LogP contribution >= 0.6 is 11.6 Å². The highest BCUT2D eigenvalue weighted by molar-refractivity contribution is 6.33. The predicted octanol–water partition coefficient (Wildman–Crippen LogP) is 2.68. The molecule has 2 aliphatic rings. The molecule has 2 heterocycles. The molecule has 0 spiro atoms. The molecule has 3 unspecified atom stereocenters. The summed E-state index contributed by atoms with van der Waals surface area (Å²) in [5, 5.41) is 10.3. The van der Waals surface area contributed by atoms with Crippen LogP contribution in [-0.2, 0) is 4.79 Å². The van der Waals surface area contributed by atoms with Gasteiger partial charge in [-0.15, -0.1) is 0 Å². The van der Waals surface area contributed by atoms with Crippen LogP contribution in [0.1, 0.15) is 32.6 Å². The fourth-order valence-corrected chi connectivity index (χ4v) is 4.04. The van der Waals surface area contributed by atoms with Crippen molar-refractivity contribution in [3.63, 3.8) is 0 Å². The van der Waals surface area contributed by atoms with Crippen molar-refractivity contribution in [3.05, 3.63) is 29.3 Å². The summed E-state index contributed by atoms with van der Waals surface area (Å²) in [5.41, 5.74) is 0.808. The van der Waals surface area contributed by atoms with Crippen molar-refractivity contribution in [2.24, 2.45) is 0 Å². The number of amides is 1. The Bertz CT molecular complexity index is 549. The molecule has 0 aliphatic carbocycles. The van der Waals surface area contributed by atoms with Crippen LogP contribution < -0.4 is 4.90 Å². The largest absolute Gasteiger partial charge is 0.393 e. The Kier molecular flexibility index (Phi) is 4.71. The fourth-order valence-electron chi connectivity index (χ4n) is 3.80. The molecule has 1 aromatic rings. The Balaban J connectivity index is 1.75. The number of likely N-dealkylation sites (tertiary alicyclic amines) is 1. The minimum absolute atomic E-state index is 0.0671. The zero-order valence-corrected chi connectivity index (χ0v) is 13.7. The fraction of sp³-hybridized carbons (Fsp3) is 0.588. The lowest BCUT2D eigenvalue weighted by atomic mass is 10.1. The van der Waals surface area contributed by atoms with E-state index in [-0.39, 0.29) is 18.1 Å². The van der Waals surface area contributed by atoms with Crippen LogP contribution in [0.25, 0.3) is 0 Å². The van der Waals surface area contributed by atoms with Crippen LogP contribution in [-0.4, -0.2) is 47.2 Å². The summed E-state index contributed by atoms with van der Waals surface area (Å²) in [6.07, 6.45) is 3.44.